The number of anilines is 2. The first kappa shape index (κ1) is 23.6. The van der Waals surface area contributed by atoms with E-state index in [-0.39, 0.29) is 11.5 Å². The third-order valence-electron chi connectivity index (χ3n) is 6.40. The summed E-state index contributed by atoms with van der Waals surface area (Å²) in [6.45, 7) is 6.80. The Morgan fingerprint density at radius 3 is 2.81 bits per heavy atom. The molecule has 192 valence electrons. The molecule has 6 rings (SSSR count). The second-order valence-electron chi connectivity index (χ2n) is 9.97. The van der Waals surface area contributed by atoms with Gasteiger partial charge < -0.3 is 24.5 Å². The van der Waals surface area contributed by atoms with Crippen LogP contribution in [0.4, 0.5) is 11.8 Å². The number of imidazole rings is 1. The van der Waals surface area contributed by atoms with Gasteiger partial charge in [0.25, 0.3) is 0 Å². The lowest BCUT2D eigenvalue weighted by Crippen LogP contribution is -2.26. The van der Waals surface area contributed by atoms with Crippen molar-refractivity contribution in [2.75, 3.05) is 11.9 Å². The van der Waals surface area contributed by atoms with E-state index in [0.717, 1.165) is 5.69 Å². The van der Waals surface area contributed by atoms with Crippen LogP contribution in [0.25, 0.3) is 16.7 Å². The summed E-state index contributed by atoms with van der Waals surface area (Å²) in [5.74, 6) is 1.98. The molecule has 37 heavy (non-hydrogen) atoms. The lowest BCUT2D eigenvalue weighted by atomic mass is 9.91. The number of aromatic nitrogens is 8. The molecule has 0 aliphatic carbocycles. The van der Waals surface area contributed by atoms with Crippen molar-refractivity contribution in [2.24, 2.45) is 7.05 Å². The van der Waals surface area contributed by atoms with Crippen LogP contribution in [0, 0.1) is 0 Å². The Kier molecular flexibility index (Phi) is 5.55. The molecule has 1 aliphatic heterocycles. The molecule has 2 N–H and O–H groups in total. The maximum atomic E-state index is 10.3. The summed E-state index contributed by atoms with van der Waals surface area (Å²) in [4.78, 5) is 13.2. The number of rotatable bonds is 5. The van der Waals surface area contributed by atoms with Crippen LogP contribution >= 0.6 is 11.6 Å². The molecule has 5 aromatic heterocycles. The first-order valence-corrected chi connectivity index (χ1v) is 12.2. The van der Waals surface area contributed by atoms with Crippen molar-refractivity contribution < 1.29 is 14.6 Å². The normalized spacial score (nSPS) is 18.2. The fraction of sp³-hybridized carbons (Fsp3) is 0.375. The van der Waals surface area contributed by atoms with Crippen LogP contribution in [-0.4, -0.2) is 56.9 Å². The lowest BCUT2D eigenvalue weighted by Gasteiger charge is -2.24. The minimum atomic E-state index is -0.894. The summed E-state index contributed by atoms with van der Waals surface area (Å²) in [7, 11) is 1.84. The van der Waals surface area contributed by atoms with Gasteiger partial charge in [-0.3, -0.25) is 9.67 Å². The molecule has 0 saturated carbocycles. The summed E-state index contributed by atoms with van der Waals surface area (Å²) >= 11 is 6.76. The largest absolute Gasteiger partial charge is 0.450 e. The summed E-state index contributed by atoms with van der Waals surface area (Å²) in [6.07, 6.45) is 7.97. The number of hydrogen-bond acceptors (Lipinski definition) is 9. The Morgan fingerprint density at radius 1 is 1.22 bits per heavy atom. The maximum Gasteiger partial charge on any atom is 0.210 e. The van der Waals surface area contributed by atoms with Crippen molar-refractivity contribution in [2.45, 2.75) is 44.9 Å². The molecule has 12 nitrogen and oxygen atoms in total. The van der Waals surface area contributed by atoms with Gasteiger partial charge in [-0.15, -0.1) is 0 Å². The van der Waals surface area contributed by atoms with Crippen molar-refractivity contribution in [3.05, 3.63) is 47.8 Å². The topological polar surface area (TPSA) is 129 Å². The lowest BCUT2D eigenvalue weighted by molar-refractivity contribution is -0.0809. The predicted octanol–water partition coefficient (Wildman–Crippen LogP) is 3.97. The van der Waals surface area contributed by atoms with E-state index in [1.807, 2.05) is 17.8 Å². The van der Waals surface area contributed by atoms with Crippen molar-refractivity contribution >= 4 is 40.0 Å². The molecule has 2 atom stereocenters. The first-order valence-electron chi connectivity index (χ1n) is 11.8. The second kappa shape index (κ2) is 8.68. The van der Waals surface area contributed by atoms with Crippen molar-refractivity contribution in [1.29, 1.82) is 0 Å². The Morgan fingerprint density at radius 2 is 2.05 bits per heavy atom. The molecule has 1 saturated heterocycles. The minimum Gasteiger partial charge on any atom is -0.450 e. The highest BCUT2D eigenvalue weighted by atomic mass is 35.5. The van der Waals surface area contributed by atoms with Crippen LogP contribution in [0.1, 0.15) is 38.9 Å². The van der Waals surface area contributed by atoms with Crippen LogP contribution in [0.3, 0.4) is 0 Å². The number of nitrogens with one attached hydrogen (secondary N) is 1. The summed E-state index contributed by atoms with van der Waals surface area (Å²) < 4.78 is 16.7. The first-order chi connectivity index (χ1) is 17.7. The highest BCUT2D eigenvalue weighted by Gasteiger charge is 2.33. The van der Waals surface area contributed by atoms with Gasteiger partial charge >= 0.3 is 0 Å². The van der Waals surface area contributed by atoms with Crippen LogP contribution in [0.15, 0.2) is 37.1 Å². The zero-order chi connectivity index (χ0) is 25.9. The number of ether oxygens (including phenoxy) is 2. The molecule has 0 amide bonds. The molecular formula is C24H26ClN9O3. The molecule has 0 unspecified atom stereocenters. The number of hydrogen-bond donors (Lipinski definition) is 2. The van der Waals surface area contributed by atoms with E-state index >= 15 is 0 Å². The number of halogens is 1. The Bertz CT molecular complexity index is 1620. The van der Waals surface area contributed by atoms with Gasteiger partial charge in [-0.2, -0.15) is 15.2 Å². The molecule has 5 aromatic rings. The monoisotopic (exact) mass is 523 g/mol. The average Bonchev–Trinajstić information content (AvgIpc) is 3.63. The van der Waals surface area contributed by atoms with Gasteiger partial charge in [-0.05, 0) is 6.42 Å². The van der Waals surface area contributed by atoms with Gasteiger partial charge in [0, 0.05) is 36.6 Å². The van der Waals surface area contributed by atoms with E-state index in [4.69, 9.17) is 26.2 Å². The highest BCUT2D eigenvalue weighted by molar-refractivity contribution is 6.36. The van der Waals surface area contributed by atoms with Crippen LogP contribution < -0.4 is 10.1 Å². The maximum absolute atomic E-state index is 10.3. The summed E-state index contributed by atoms with van der Waals surface area (Å²) in [5.41, 5.74) is 2.53. The standard InChI is InChI=1S/C24H26ClN9O3/c1-24(2,3)17-9-18(31-34(17)13-5-8-36-22(13)35)29-23-30-21-20(32(23)4)19(25)16(11-27-21)37-15-12-28-33-7-6-26-10-14(15)33/h6-7,9-13,22,35H,5,8H2,1-4H3,(H,27,29,30,31)/t13-,22+/m1/s1. The van der Waals surface area contributed by atoms with Gasteiger partial charge in [0.1, 0.15) is 22.1 Å². The quantitative estimate of drug-likeness (QED) is 0.351. The van der Waals surface area contributed by atoms with Gasteiger partial charge in [0.15, 0.2) is 29.3 Å². The number of pyridine rings is 1. The Balaban J connectivity index is 1.34. The molecule has 13 heteroatoms. The third-order valence-corrected chi connectivity index (χ3v) is 6.77. The Hall–Kier alpha value is -3.74. The van der Waals surface area contributed by atoms with E-state index in [2.05, 4.69) is 46.1 Å². The summed E-state index contributed by atoms with van der Waals surface area (Å²) in [6, 6.07) is 1.71. The van der Waals surface area contributed by atoms with E-state index in [1.165, 1.54) is 6.20 Å². The van der Waals surface area contributed by atoms with Crippen molar-refractivity contribution in [3.63, 3.8) is 0 Å². The molecule has 6 heterocycles. The fourth-order valence-corrected chi connectivity index (χ4v) is 4.79. The molecule has 0 spiro atoms. The molecule has 0 radical (unpaired) electrons. The molecular weight excluding hydrogens is 498 g/mol. The molecule has 1 fully saturated rings. The number of aliphatic hydroxyl groups excluding tert-OH is 1. The van der Waals surface area contributed by atoms with E-state index in [9.17, 15) is 5.11 Å². The number of fused-ring (bicyclic) bond motifs is 2. The van der Waals surface area contributed by atoms with Gasteiger partial charge in [0.2, 0.25) is 5.95 Å². The van der Waals surface area contributed by atoms with E-state index in [0.29, 0.717) is 58.0 Å². The van der Waals surface area contributed by atoms with Crippen LogP contribution in [0.2, 0.25) is 5.02 Å². The molecule has 1 aliphatic rings. The van der Waals surface area contributed by atoms with Crippen molar-refractivity contribution in [1.82, 2.24) is 38.9 Å². The number of nitrogens with zero attached hydrogens (tertiary/aromatic N) is 8. The zero-order valence-corrected chi connectivity index (χ0v) is 21.5. The fourth-order valence-electron chi connectivity index (χ4n) is 4.49. The third kappa shape index (κ3) is 4.06. The number of aryl methyl sites for hydroxylation is 1. The SMILES string of the molecule is Cn1c(Nc2cc(C(C)(C)C)n([C@@H]3CCO[C@@H]3O)n2)nc2ncc(Oc3cnn4ccncc34)c(Cl)c21. The summed E-state index contributed by atoms with van der Waals surface area (Å²) in [5, 5.41) is 23.0. The van der Waals surface area contributed by atoms with Crippen LogP contribution in [-0.2, 0) is 17.2 Å². The Labute approximate surface area is 216 Å². The zero-order valence-electron chi connectivity index (χ0n) is 20.8. The van der Waals surface area contributed by atoms with Gasteiger partial charge in [-0.25, -0.2) is 9.50 Å². The van der Waals surface area contributed by atoms with Crippen molar-refractivity contribution in [3.8, 4) is 11.5 Å². The molecule has 0 aromatic carbocycles. The van der Waals surface area contributed by atoms with Gasteiger partial charge in [0.05, 0.1) is 25.2 Å². The molecule has 0 bridgehead atoms. The average molecular weight is 524 g/mol. The predicted molar refractivity (Wildman–Crippen MR) is 136 cm³/mol. The van der Waals surface area contributed by atoms with E-state index < -0.39 is 6.29 Å². The highest BCUT2D eigenvalue weighted by Crippen LogP contribution is 2.37. The number of aliphatic hydroxyl groups is 1. The smallest absolute Gasteiger partial charge is 0.210 e. The van der Waals surface area contributed by atoms with Crippen LogP contribution in [0.5, 0.6) is 11.5 Å². The van der Waals surface area contributed by atoms with Gasteiger partial charge in [-0.1, -0.05) is 32.4 Å². The van der Waals surface area contributed by atoms with E-state index in [1.54, 1.807) is 33.9 Å². The minimum absolute atomic E-state index is 0.202. The second-order valence-corrected chi connectivity index (χ2v) is 10.3.